The van der Waals surface area contributed by atoms with E-state index >= 15 is 0 Å². The molecule has 1 heterocycles. The van der Waals surface area contributed by atoms with Gasteiger partial charge in [0.05, 0.1) is 17.1 Å². The summed E-state index contributed by atoms with van der Waals surface area (Å²) in [6.07, 6.45) is 1.94. The van der Waals surface area contributed by atoms with Crippen molar-refractivity contribution >= 4 is 44.8 Å². The van der Waals surface area contributed by atoms with Crippen molar-refractivity contribution < 1.29 is 9.59 Å². The van der Waals surface area contributed by atoms with Crippen LogP contribution in [0.15, 0.2) is 59.1 Å². The van der Waals surface area contributed by atoms with Crippen LogP contribution in [0.25, 0.3) is 10.4 Å². The molecule has 6 heteroatoms. The Morgan fingerprint density at radius 1 is 1.07 bits per heavy atom. The number of nitrogens with zero attached hydrogens (tertiary/aromatic N) is 1. The first kappa shape index (κ1) is 18.9. The van der Waals surface area contributed by atoms with Crippen molar-refractivity contribution in [1.82, 2.24) is 4.90 Å². The third-order valence-corrected chi connectivity index (χ3v) is 6.71. The Kier molecular flexibility index (Phi) is 5.33. The van der Waals surface area contributed by atoms with Crippen LogP contribution in [-0.4, -0.2) is 30.3 Å². The number of halogens is 1. The van der Waals surface area contributed by atoms with Crippen LogP contribution in [0.4, 0.5) is 5.69 Å². The summed E-state index contributed by atoms with van der Waals surface area (Å²) >= 11 is 4.93. The highest BCUT2D eigenvalue weighted by Gasteiger charge is 2.23. The Bertz CT molecular complexity index is 1060. The number of thiophene rings is 1. The van der Waals surface area contributed by atoms with Crippen LogP contribution in [-0.2, 0) is 17.6 Å². The molecule has 1 aromatic heterocycles. The van der Waals surface area contributed by atoms with E-state index in [-0.39, 0.29) is 18.4 Å². The molecule has 28 heavy (non-hydrogen) atoms. The first-order chi connectivity index (χ1) is 13.5. The average molecular weight is 455 g/mol. The largest absolute Gasteiger partial charge is 0.332 e. The van der Waals surface area contributed by atoms with Crippen LogP contribution in [0, 0.1) is 0 Å². The van der Waals surface area contributed by atoms with Gasteiger partial charge < -0.3 is 10.2 Å². The van der Waals surface area contributed by atoms with Gasteiger partial charge in [0.1, 0.15) is 0 Å². The zero-order valence-electron chi connectivity index (χ0n) is 15.4. The predicted molar refractivity (Wildman–Crippen MR) is 117 cm³/mol. The molecule has 2 aromatic carbocycles. The van der Waals surface area contributed by atoms with Gasteiger partial charge >= 0.3 is 0 Å². The summed E-state index contributed by atoms with van der Waals surface area (Å²) in [6, 6.07) is 17.8. The maximum absolute atomic E-state index is 12.9. The summed E-state index contributed by atoms with van der Waals surface area (Å²) in [5.41, 5.74) is 4.47. The van der Waals surface area contributed by atoms with E-state index in [0.29, 0.717) is 10.6 Å². The number of benzene rings is 2. The van der Waals surface area contributed by atoms with Crippen molar-refractivity contribution in [2.45, 2.75) is 12.8 Å². The lowest BCUT2D eigenvalue weighted by Gasteiger charge is -2.16. The van der Waals surface area contributed by atoms with Crippen LogP contribution < -0.4 is 5.32 Å². The second kappa shape index (κ2) is 7.89. The summed E-state index contributed by atoms with van der Waals surface area (Å²) in [6.45, 7) is -0.000673. The number of rotatable bonds is 4. The van der Waals surface area contributed by atoms with Gasteiger partial charge in [-0.2, -0.15) is 0 Å². The van der Waals surface area contributed by atoms with E-state index in [2.05, 4.69) is 39.4 Å². The SMILES string of the molecule is CN(CC(=O)Nc1ccccc1Br)C(=O)c1cc2c(s1)-c1ccccc1CC2. The Morgan fingerprint density at radius 3 is 2.61 bits per heavy atom. The fourth-order valence-corrected chi connectivity index (χ4v) is 5.05. The van der Waals surface area contributed by atoms with E-state index in [1.54, 1.807) is 7.05 Å². The molecule has 3 aromatic rings. The molecule has 4 nitrogen and oxygen atoms in total. The molecule has 0 unspecified atom stereocenters. The van der Waals surface area contributed by atoms with Crippen molar-refractivity contribution in [3.63, 3.8) is 0 Å². The van der Waals surface area contributed by atoms with Gasteiger partial charge in [0.25, 0.3) is 5.91 Å². The predicted octanol–water partition coefficient (Wildman–Crippen LogP) is 4.99. The normalized spacial score (nSPS) is 12.1. The molecule has 0 atom stereocenters. The topological polar surface area (TPSA) is 49.4 Å². The first-order valence-corrected chi connectivity index (χ1v) is 10.6. The number of para-hydroxylation sites is 1. The van der Waals surface area contributed by atoms with Crippen LogP contribution in [0.3, 0.4) is 0 Å². The van der Waals surface area contributed by atoms with Gasteiger partial charge in [0.2, 0.25) is 5.91 Å². The molecule has 2 amide bonds. The van der Waals surface area contributed by atoms with Crippen LogP contribution in [0.5, 0.6) is 0 Å². The number of hydrogen-bond donors (Lipinski definition) is 1. The fourth-order valence-electron chi connectivity index (χ4n) is 3.40. The van der Waals surface area contributed by atoms with Crippen molar-refractivity contribution in [2.75, 3.05) is 18.9 Å². The molecule has 0 spiro atoms. The molecule has 0 saturated carbocycles. The van der Waals surface area contributed by atoms with Crippen molar-refractivity contribution in [3.05, 3.63) is 75.1 Å². The van der Waals surface area contributed by atoms with Gasteiger partial charge in [-0.15, -0.1) is 11.3 Å². The summed E-state index contributed by atoms with van der Waals surface area (Å²) in [5.74, 6) is -0.353. The molecule has 1 aliphatic carbocycles. The average Bonchev–Trinajstić information content (AvgIpc) is 3.14. The minimum absolute atomic E-state index is 0.000673. The summed E-state index contributed by atoms with van der Waals surface area (Å²) < 4.78 is 0.807. The zero-order chi connectivity index (χ0) is 19.7. The molecule has 142 valence electrons. The van der Waals surface area contributed by atoms with E-state index in [0.717, 1.165) is 17.3 Å². The number of carbonyl (C=O) groups is 2. The monoisotopic (exact) mass is 454 g/mol. The highest BCUT2D eigenvalue weighted by atomic mass is 79.9. The van der Waals surface area contributed by atoms with Crippen molar-refractivity contribution in [2.24, 2.45) is 0 Å². The van der Waals surface area contributed by atoms with E-state index in [1.165, 1.54) is 37.8 Å². The summed E-state index contributed by atoms with van der Waals surface area (Å²) in [7, 11) is 1.66. The minimum atomic E-state index is -0.227. The third-order valence-electron chi connectivity index (χ3n) is 4.82. The standard InChI is InChI=1S/C22H19BrN2O2S/c1-25(13-20(26)24-18-9-5-4-8-17(18)23)22(27)19-12-15-11-10-14-6-2-3-7-16(14)21(15)28-19/h2-9,12H,10-11,13H2,1H3,(H,24,26). The lowest BCUT2D eigenvalue weighted by Crippen LogP contribution is -2.34. The Balaban J connectivity index is 1.47. The second-order valence-corrected chi connectivity index (χ2v) is 8.72. The lowest BCUT2D eigenvalue weighted by atomic mass is 9.91. The molecule has 0 aliphatic heterocycles. The minimum Gasteiger partial charge on any atom is -0.332 e. The van der Waals surface area contributed by atoms with Crippen LogP contribution in [0.2, 0.25) is 0 Å². The molecular weight excluding hydrogens is 436 g/mol. The molecule has 1 N–H and O–H groups in total. The van der Waals surface area contributed by atoms with E-state index in [9.17, 15) is 9.59 Å². The summed E-state index contributed by atoms with van der Waals surface area (Å²) in [5, 5.41) is 2.83. The number of likely N-dealkylation sites (N-methyl/N-ethyl adjacent to an activating group) is 1. The fraction of sp³-hybridized carbons (Fsp3) is 0.182. The third kappa shape index (κ3) is 3.75. The first-order valence-electron chi connectivity index (χ1n) is 9.04. The lowest BCUT2D eigenvalue weighted by molar-refractivity contribution is -0.116. The van der Waals surface area contributed by atoms with Crippen molar-refractivity contribution in [3.8, 4) is 10.4 Å². The number of nitrogens with one attached hydrogen (secondary N) is 1. The number of hydrogen-bond acceptors (Lipinski definition) is 3. The smallest absolute Gasteiger partial charge is 0.264 e. The van der Waals surface area contributed by atoms with Gasteiger partial charge in [-0.25, -0.2) is 0 Å². The van der Waals surface area contributed by atoms with E-state index < -0.39 is 0 Å². The number of amides is 2. The highest BCUT2D eigenvalue weighted by molar-refractivity contribution is 9.10. The number of aryl methyl sites for hydroxylation is 2. The van der Waals surface area contributed by atoms with Crippen LogP contribution in [0.1, 0.15) is 20.8 Å². The molecule has 0 radical (unpaired) electrons. The number of anilines is 1. The second-order valence-electron chi connectivity index (χ2n) is 6.81. The summed E-state index contributed by atoms with van der Waals surface area (Å²) in [4.78, 5) is 28.5. The van der Waals surface area contributed by atoms with Gasteiger partial charge in [0, 0.05) is 16.4 Å². The van der Waals surface area contributed by atoms with E-state index in [4.69, 9.17) is 0 Å². The quantitative estimate of drug-likeness (QED) is 0.603. The van der Waals surface area contributed by atoms with Gasteiger partial charge in [-0.3, -0.25) is 9.59 Å². The highest BCUT2D eigenvalue weighted by Crippen LogP contribution is 2.39. The molecule has 1 aliphatic rings. The molecule has 0 fully saturated rings. The Hall–Kier alpha value is -2.44. The van der Waals surface area contributed by atoms with Gasteiger partial charge in [-0.1, -0.05) is 36.4 Å². The van der Waals surface area contributed by atoms with E-state index in [1.807, 2.05) is 36.4 Å². The zero-order valence-corrected chi connectivity index (χ0v) is 17.8. The molecule has 4 rings (SSSR count). The molecule has 0 bridgehead atoms. The maximum atomic E-state index is 12.9. The molecular formula is C22H19BrN2O2S. The van der Waals surface area contributed by atoms with Crippen molar-refractivity contribution in [1.29, 1.82) is 0 Å². The Labute approximate surface area is 176 Å². The maximum Gasteiger partial charge on any atom is 0.264 e. The van der Waals surface area contributed by atoms with Crippen LogP contribution >= 0.6 is 27.3 Å². The Morgan fingerprint density at radius 2 is 1.79 bits per heavy atom. The van der Waals surface area contributed by atoms with Gasteiger partial charge in [-0.05, 0) is 63.7 Å². The molecule has 0 saturated heterocycles. The van der Waals surface area contributed by atoms with Gasteiger partial charge in [0.15, 0.2) is 0 Å². The number of carbonyl (C=O) groups excluding carboxylic acids is 2. The number of fused-ring (bicyclic) bond motifs is 3.